The van der Waals surface area contributed by atoms with Crippen molar-refractivity contribution in [2.45, 2.75) is 103 Å². The molecule has 22 heavy (non-hydrogen) atoms. The molecule has 2 aliphatic rings. The number of ether oxygens (including phenoxy) is 2. The van der Waals surface area contributed by atoms with Crippen molar-refractivity contribution in [3.05, 3.63) is 0 Å². The summed E-state index contributed by atoms with van der Waals surface area (Å²) in [5.74, 6) is -0.0157. The predicted octanol–water partition coefficient (Wildman–Crippen LogP) is 4.54. The van der Waals surface area contributed by atoms with Crippen LogP contribution in [-0.4, -0.2) is 24.1 Å². The fourth-order valence-corrected chi connectivity index (χ4v) is 2.82. The third kappa shape index (κ3) is 8.40. The van der Waals surface area contributed by atoms with Crippen molar-refractivity contribution < 1.29 is 19.1 Å². The molecule has 128 valence electrons. The fourth-order valence-electron chi connectivity index (χ4n) is 2.82. The summed E-state index contributed by atoms with van der Waals surface area (Å²) in [7, 11) is 0. The molecule has 0 aromatic heterocycles. The Balaban J connectivity index is 0.000000220. The van der Waals surface area contributed by atoms with Crippen molar-refractivity contribution >= 4 is 11.9 Å². The summed E-state index contributed by atoms with van der Waals surface area (Å²) in [5.41, 5.74) is 0. The summed E-state index contributed by atoms with van der Waals surface area (Å²) < 4.78 is 10.1. The van der Waals surface area contributed by atoms with Crippen molar-refractivity contribution in [2.24, 2.45) is 0 Å². The lowest BCUT2D eigenvalue weighted by molar-refractivity contribution is -0.142. The summed E-state index contributed by atoms with van der Waals surface area (Å²) in [6.45, 7) is 4.36. The van der Waals surface area contributed by atoms with Crippen molar-refractivity contribution in [1.29, 1.82) is 0 Å². The normalized spacial score (nSPS) is 23.7. The van der Waals surface area contributed by atoms with Gasteiger partial charge in [-0.2, -0.15) is 0 Å². The van der Waals surface area contributed by atoms with E-state index >= 15 is 0 Å². The van der Waals surface area contributed by atoms with Crippen LogP contribution < -0.4 is 0 Å². The van der Waals surface area contributed by atoms with E-state index in [1.54, 1.807) is 0 Å². The molecule has 2 rings (SSSR count). The second kappa shape index (κ2) is 11.5. The molecule has 4 heteroatoms. The van der Waals surface area contributed by atoms with Crippen LogP contribution >= 0.6 is 0 Å². The highest BCUT2D eigenvalue weighted by Gasteiger charge is 2.22. The first-order chi connectivity index (χ1) is 10.7. The monoisotopic (exact) mass is 312 g/mol. The Hall–Kier alpha value is -1.06. The lowest BCUT2D eigenvalue weighted by Gasteiger charge is -2.06. The maximum atomic E-state index is 10.7. The molecule has 0 aromatic rings. The summed E-state index contributed by atoms with van der Waals surface area (Å²) >= 11 is 0. The molecule has 4 nitrogen and oxygen atoms in total. The number of carbonyl (C=O) groups is 2. The molecule has 2 aliphatic heterocycles. The van der Waals surface area contributed by atoms with Crippen molar-refractivity contribution in [3.63, 3.8) is 0 Å². The molecule has 0 bridgehead atoms. The third-order valence-corrected chi connectivity index (χ3v) is 4.20. The lowest BCUT2D eigenvalue weighted by Crippen LogP contribution is -2.05. The van der Waals surface area contributed by atoms with Gasteiger partial charge in [-0.15, -0.1) is 0 Å². The summed E-state index contributed by atoms with van der Waals surface area (Å²) in [6.07, 6.45) is 13.2. The van der Waals surface area contributed by atoms with Gasteiger partial charge in [-0.1, -0.05) is 39.5 Å². The Kier molecular flexibility index (Phi) is 9.93. The number of unbranched alkanes of at least 4 members (excludes halogenated alkanes) is 4. The third-order valence-electron chi connectivity index (χ3n) is 4.20. The molecule has 0 spiro atoms. The zero-order valence-electron chi connectivity index (χ0n) is 14.3. The van der Waals surface area contributed by atoms with E-state index in [4.69, 9.17) is 9.47 Å². The van der Waals surface area contributed by atoms with Crippen LogP contribution in [0.1, 0.15) is 90.9 Å². The van der Waals surface area contributed by atoms with Gasteiger partial charge < -0.3 is 9.47 Å². The van der Waals surface area contributed by atoms with Crippen LogP contribution in [0.4, 0.5) is 0 Å². The van der Waals surface area contributed by atoms with Crippen LogP contribution in [0.25, 0.3) is 0 Å². The molecule has 0 N–H and O–H groups in total. The van der Waals surface area contributed by atoms with E-state index in [0.717, 1.165) is 25.7 Å². The van der Waals surface area contributed by atoms with Gasteiger partial charge in [0.1, 0.15) is 12.2 Å². The molecule has 0 radical (unpaired) electrons. The molecule has 0 amide bonds. The average molecular weight is 312 g/mol. The first-order valence-electron chi connectivity index (χ1n) is 9.04. The largest absolute Gasteiger partial charge is 0.462 e. The predicted molar refractivity (Wildman–Crippen MR) is 86.5 cm³/mol. The molecule has 0 saturated carbocycles. The molecule has 2 heterocycles. The SMILES string of the molecule is CCCCCC1CCC(=O)O1.CCCCCC1CCC(=O)O1. The van der Waals surface area contributed by atoms with E-state index in [-0.39, 0.29) is 24.1 Å². The molecule has 2 fully saturated rings. The van der Waals surface area contributed by atoms with Crippen LogP contribution in [0.2, 0.25) is 0 Å². The molecule has 2 saturated heterocycles. The van der Waals surface area contributed by atoms with Gasteiger partial charge in [0.05, 0.1) is 0 Å². The van der Waals surface area contributed by atoms with Gasteiger partial charge in [0.25, 0.3) is 0 Å². The van der Waals surface area contributed by atoms with E-state index < -0.39 is 0 Å². The Bertz CT molecular complexity index is 295. The minimum atomic E-state index is -0.00787. The topological polar surface area (TPSA) is 52.6 Å². The van der Waals surface area contributed by atoms with Gasteiger partial charge in [0.15, 0.2) is 0 Å². The van der Waals surface area contributed by atoms with Crippen molar-refractivity contribution in [1.82, 2.24) is 0 Å². The first-order valence-corrected chi connectivity index (χ1v) is 9.04. The minimum absolute atomic E-state index is 0.00787. The molecule has 0 aromatic carbocycles. The van der Waals surface area contributed by atoms with Crippen molar-refractivity contribution in [2.75, 3.05) is 0 Å². The molecular formula is C18H32O4. The zero-order chi connectivity index (χ0) is 16.2. The summed E-state index contributed by atoms with van der Waals surface area (Å²) in [5, 5.41) is 0. The second-order valence-corrected chi connectivity index (χ2v) is 6.29. The number of hydrogen-bond donors (Lipinski definition) is 0. The first kappa shape index (κ1) is 19.0. The number of hydrogen-bond acceptors (Lipinski definition) is 4. The lowest BCUT2D eigenvalue weighted by atomic mass is 10.1. The smallest absolute Gasteiger partial charge is 0.306 e. The standard InChI is InChI=1S/2C9H16O2/c2*1-2-3-4-5-8-6-7-9(10)11-8/h2*8H,2-7H2,1H3. The Morgan fingerprint density at radius 3 is 1.45 bits per heavy atom. The summed E-state index contributed by atoms with van der Waals surface area (Å²) in [6, 6.07) is 0. The van der Waals surface area contributed by atoms with Crippen LogP contribution in [0.3, 0.4) is 0 Å². The summed E-state index contributed by atoms with van der Waals surface area (Å²) in [4.78, 5) is 21.3. The fraction of sp³-hybridized carbons (Fsp3) is 0.889. The quantitative estimate of drug-likeness (QED) is 0.487. The number of cyclic esters (lactones) is 2. The highest BCUT2D eigenvalue weighted by atomic mass is 16.6. The van der Waals surface area contributed by atoms with Gasteiger partial charge in [-0.3, -0.25) is 9.59 Å². The number of rotatable bonds is 8. The molecular weight excluding hydrogens is 280 g/mol. The van der Waals surface area contributed by atoms with Gasteiger partial charge in [-0.25, -0.2) is 0 Å². The maximum absolute atomic E-state index is 10.7. The van der Waals surface area contributed by atoms with Crippen molar-refractivity contribution in [3.8, 4) is 0 Å². The molecule has 2 atom stereocenters. The highest BCUT2D eigenvalue weighted by Crippen LogP contribution is 2.19. The number of esters is 2. The maximum Gasteiger partial charge on any atom is 0.306 e. The van der Waals surface area contributed by atoms with E-state index in [1.165, 1.54) is 38.5 Å². The Morgan fingerprint density at radius 2 is 1.18 bits per heavy atom. The number of carbonyl (C=O) groups excluding carboxylic acids is 2. The highest BCUT2D eigenvalue weighted by molar-refractivity contribution is 5.71. The van der Waals surface area contributed by atoms with Gasteiger partial charge >= 0.3 is 11.9 Å². The van der Waals surface area contributed by atoms with E-state index in [2.05, 4.69) is 13.8 Å². The average Bonchev–Trinajstić information content (AvgIpc) is 3.09. The molecule has 0 aliphatic carbocycles. The van der Waals surface area contributed by atoms with E-state index in [0.29, 0.717) is 12.8 Å². The minimum Gasteiger partial charge on any atom is -0.462 e. The van der Waals surface area contributed by atoms with Crippen LogP contribution in [0, 0.1) is 0 Å². The zero-order valence-corrected chi connectivity index (χ0v) is 14.3. The van der Waals surface area contributed by atoms with Gasteiger partial charge in [-0.05, 0) is 38.5 Å². The molecule has 2 unspecified atom stereocenters. The van der Waals surface area contributed by atoms with Gasteiger partial charge in [0, 0.05) is 12.8 Å². The van der Waals surface area contributed by atoms with E-state index in [9.17, 15) is 9.59 Å². The Morgan fingerprint density at radius 1 is 0.773 bits per heavy atom. The van der Waals surface area contributed by atoms with Crippen LogP contribution in [-0.2, 0) is 19.1 Å². The van der Waals surface area contributed by atoms with E-state index in [1.807, 2.05) is 0 Å². The van der Waals surface area contributed by atoms with Crippen LogP contribution in [0.5, 0.6) is 0 Å². The van der Waals surface area contributed by atoms with Gasteiger partial charge in [0.2, 0.25) is 0 Å². The van der Waals surface area contributed by atoms with Crippen LogP contribution in [0.15, 0.2) is 0 Å². The second-order valence-electron chi connectivity index (χ2n) is 6.29. The Labute approximate surface area is 134 Å².